The van der Waals surface area contributed by atoms with Gasteiger partial charge in [0.25, 0.3) is 0 Å². The molecule has 3 aromatic rings. The smallest absolute Gasteiger partial charge is 0.240 e. The van der Waals surface area contributed by atoms with Crippen molar-refractivity contribution in [3.63, 3.8) is 0 Å². The van der Waals surface area contributed by atoms with Crippen molar-refractivity contribution in [3.8, 4) is 0 Å². The molecular formula is C20H21N3O2. The number of para-hydroxylation sites is 1. The van der Waals surface area contributed by atoms with E-state index >= 15 is 0 Å². The second-order valence-electron chi connectivity index (χ2n) is 6.07. The number of nitrogens with two attached hydrogens (primary N) is 1. The van der Waals surface area contributed by atoms with Crippen LogP contribution in [0.1, 0.15) is 17.5 Å². The van der Waals surface area contributed by atoms with Crippen LogP contribution in [-0.4, -0.2) is 22.8 Å². The highest BCUT2D eigenvalue weighted by Gasteiger charge is 2.18. The van der Waals surface area contributed by atoms with Gasteiger partial charge in [0.1, 0.15) is 6.04 Å². The first-order chi connectivity index (χ1) is 12.1. The molecule has 2 amide bonds. The zero-order valence-electron chi connectivity index (χ0n) is 13.9. The van der Waals surface area contributed by atoms with E-state index in [-0.39, 0.29) is 5.91 Å². The Labute approximate surface area is 146 Å². The van der Waals surface area contributed by atoms with Gasteiger partial charge < -0.3 is 16.0 Å². The largest absolute Gasteiger partial charge is 0.368 e. The summed E-state index contributed by atoms with van der Waals surface area (Å²) < 4.78 is 0. The Morgan fingerprint density at radius 2 is 1.76 bits per heavy atom. The van der Waals surface area contributed by atoms with E-state index < -0.39 is 11.9 Å². The van der Waals surface area contributed by atoms with Gasteiger partial charge in [0, 0.05) is 29.9 Å². The van der Waals surface area contributed by atoms with Gasteiger partial charge in [0.2, 0.25) is 11.8 Å². The van der Waals surface area contributed by atoms with E-state index in [0.29, 0.717) is 19.3 Å². The highest BCUT2D eigenvalue weighted by atomic mass is 16.2. The average molecular weight is 335 g/mol. The number of carbonyl (C=O) groups excluding carboxylic acids is 2. The molecule has 1 unspecified atom stereocenters. The Hall–Kier alpha value is -3.08. The number of aromatic nitrogens is 1. The fourth-order valence-corrected chi connectivity index (χ4v) is 2.93. The number of aromatic amines is 1. The van der Waals surface area contributed by atoms with E-state index in [1.165, 1.54) is 0 Å². The van der Waals surface area contributed by atoms with Gasteiger partial charge in [0.05, 0.1) is 0 Å². The van der Waals surface area contributed by atoms with Gasteiger partial charge >= 0.3 is 0 Å². The molecule has 0 spiro atoms. The van der Waals surface area contributed by atoms with Gasteiger partial charge in [-0.3, -0.25) is 9.59 Å². The number of aryl methyl sites for hydroxylation is 1. The number of hydrogen-bond donors (Lipinski definition) is 3. The number of H-pyrrole nitrogens is 1. The third-order valence-electron chi connectivity index (χ3n) is 4.26. The molecule has 0 fully saturated rings. The first-order valence-corrected chi connectivity index (χ1v) is 8.31. The highest BCUT2D eigenvalue weighted by molar-refractivity contribution is 5.87. The molecule has 0 radical (unpaired) electrons. The van der Waals surface area contributed by atoms with Gasteiger partial charge in [-0.1, -0.05) is 48.5 Å². The number of carbonyl (C=O) groups is 2. The third-order valence-corrected chi connectivity index (χ3v) is 4.26. The molecule has 1 atom stereocenters. The summed E-state index contributed by atoms with van der Waals surface area (Å²) in [6.07, 6.45) is 3.23. The van der Waals surface area contributed by atoms with Crippen LogP contribution < -0.4 is 11.1 Å². The molecule has 5 nitrogen and oxygen atoms in total. The molecule has 0 aliphatic rings. The minimum absolute atomic E-state index is 0.176. The summed E-state index contributed by atoms with van der Waals surface area (Å²) >= 11 is 0. The fourth-order valence-electron chi connectivity index (χ4n) is 2.93. The molecule has 1 heterocycles. The van der Waals surface area contributed by atoms with E-state index in [4.69, 9.17) is 5.73 Å². The summed E-state index contributed by atoms with van der Waals surface area (Å²) in [4.78, 5) is 27.1. The van der Waals surface area contributed by atoms with Crippen molar-refractivity contribution in [1.29, 1.82) is 0 Å². The van der Waals surface area contributed by atoms with E-state index in [2.05, 4.69) is 10.3 Å². The average Bonchev–Trinajstić information content (AvgIpc) is 3.03. The standard InChI is InChI=1S/C20H21N3O2/c21-20(25)18(12-14-6-2-1-3-7-14)23-19(24)11-10-15-13-22-17-9-5-4-8-16(15)17/h1-9,13,18,22H,10-12H2,(H2,21,25)(H,23,24). The number of rotatable bonds is 7. The van der Waals surface area contributed by atoms with E-state index in [0.717, 1.165) is 22.0 Å². The van der Waals surface area contributed by atoms with Crippen LogP contribution in [0.25, 0.3) is 10.9 Å². The maximum atomic E-state index is 12.3. The normalized spacial score (nSPS) is 12.0. The molecule has 0 aliphatic carbocycles. The molecule has 0 saturated carbocycles. The van der Waals surface area contributed by atoms with E-state index in [1.807, 2.05) is 60.8 Å². The summed E-state index contributed by atoms with van der Waals surface area (Å²) in [5.41, 5.74) is 8.54. The number of primary amides is 1. The van der Waals surface area contributed by atoms with Crippen LogP contribution in [0.2, 0.25) is 0 Å². The molecule has 0 aliphatic heterocycles. The summed E-state index contributed by atoms with van der Waals surface area (Å²) in [7, 11) is 0. The molecule has 3 rings (SSSR count). The van der Waals surface area contributed by atoms with Gasteiger partial charge in [-0.15, -0.1) is 0 Å². The molecule has 2 aromatic carbocycles. The van der Waals surface area contributed by atoms with Gasteiger partial charge in [-0.25, -0.2) is 0 Å². The predicted octanol–water partition coefficient (Wildman–Crippen LogP) is 2.31. The summed E-state index contributed by atoms with van der Waals surface area (Å²) in [6.45, 7) is 0. The topological polar surface area (TPSA) is 88.0 Å². The van der Waals surface area contributed by atoms with Crippen LogP contribution in [-0.2, 0) is 22.4 Å². The maximum Gasteiger partial charge on any atom is 0.240 e. The first-order valence-electron chi connectivity index (χ1n) is 8.31. The van der Waals surface area contributed by atoms with Gasteiger partial charge in [-0.05, 0) is 23.6 Å². The lowest BCUT2D eigenvalue weighted by molar-refractivity contribution is -0.127. The molecule has 1 aromatic heterocycles. The minimum Gasteiger partial charge on any atom is -0.368 e. The maximum absolute atomic E-state index is 12.3. The summed E-state index contributed by atoms with van der Waals surface area (Å²) in [5, 5.41) is 3.87. The molecule has 5 heteroatoms. The first kappa shape index (κ1) is 16.8. The van der Waals surface area contributed by atoms with Crippen LogP contribution in [0.15, 0.2) is 60.8 Å². The zero-order valence-corrected chi connectivity index (χ0v) is 13.9. The van der Waals surface area contributed by atoms with Crippen LogP contribution in [0, 0.1) is 0 Å². The Morgan fingerprint density at radius 1 is 1.04 bits per heavy atom. The van der Waals surface area contributed by atoms with Crippen molar-refractivity contribution in [2.24, 2.45) is 5.73 Å². The number of fused-ring (bicyclic) bond motifs is 1. The second kappa shape index (κ2) is 7.66. The highest BCUT2D eigenvalue weighted by Crippen LogP contribution is 2.18. The van der Waals surface area contributed by atoms with Crippen LogP contribution in [0.5, 0.6) is 0 Å². The lowest BCUT2D eigenvalue weighted by atomic mass is 10.0. The Morgan fingerprint density at radius 3 is 2.52 bits per heavy atom. The monoisotopic (exact) mass is 335 g/mol. The van der Waals surface area contributed by atoms with E-state index in [1.54, 1.807) is 0 Å². The molecule has 4 N–H and O–H groups in total. The Kier molecular flexibility index (Phi) is 5.14. The molecule has 25 heavy (non-hydrogen) atoms. The zero-order chi connectivity index (χ0) is 17.6. The van der Waals surface area contributed by atoms with Crippen LogP contribution in [0.4, 0.5) is 0 Å². The van der Waals surface area contributed by atoms with Crippen molar-refractivity contribution in [1.82, 2.24) is 10.3 Å². The molecule has 0 bridgehead atoms. The minimum atomic E-state index is -0.696. The molecular weight excluding hydrogens is 314 g/mol. The lowest BCUT2D eigenvalue weighted by Gasteiger charge is -2.15. The summed E-state index contributed by atoms with van der Waals surface area (Å²) in [5.74, 6) is -0.700. The molecule has 128 valence electrons. The number of benzene rings is 2. The van der Waals surface area contributed by atoms with Crippen LogP contribution >= 0.6 is 0 Å². The molecule has 0 saturated heterocycles. The van der Waals surface area contributed by atoms with Gasteiger partial charge in [0.15, 0.2) is 0 Å². The Bertz CT molecular complexity index is 871. The van der Waals surface area contributed by atoms with Crippen molar-refractivity contribution >= 4 is 22.7 Å². The van der Waals surface area contributed by atoms with Crippen molar-refractivity contribution in [2.45, 2.75) is 25.3 Å². The number of amides is 2. The third kappa shape index (κ3) is 4.26. The van der Waals surface area contributed by atoms with Crippen molar-refractivity contribution < 1.29 is 9.59 Å². The fraction of sp³-hybridized carbons (Fsp3) is 0.200. The van der Waals surface area contributed by atoms with E-state index in [9.17, 15) is 9.59 Å². The summed E-state index contributed by atoms with van der Waals surface area (Å²) in [6, 6.07) is 16.8. The van der Waals surface area contributed by atoms with Crippen molar-refractivity contribution in [2.75, 3.05) is 0 Å². The van der Waals surface area contributed by atoms with Crippen LogP contribution in [0.3, 0.4) is 0 Å². The number of nitrogens with one attached hydrogen (secondary N) is 2. The van der Waals surface area contributed by atoms with Crippen molar-refractivity contribution in [3.05, 3.63) is 71.9 Å². The lowest BCUT2D eigenvalue weighted by Crippen LogP contribution is -2.45. The quantitative estimate of drug-likeness (QED) is 0.619. The Balaban J connectivity index is 1.59. The SMILES string of the molecule is NC(=O)C(Cc1ccccc1)NC(=O)CCc1c[nH]c2ccccc12. The van der Waals surface area contributed by atoms with Gasteiger partial charge in [-0.2, -0.15) is 0 Å². The second-order valence-corrected chi connectivity index (χ2v) is 6.07. The predicted molar refractivity (Wildman–Crippen MR) is 97.9 cm³/mol. The number of hydrogen-bond acceptors (Lipinski definition) is 2.